The third kappa shape index (κ3) is 3.47. The molecular formula is C21H21ClN2O2. The highest BCUT2D eigenvalue weighted by molar-refractivity contribution is 6.30. The fraction of sp³-hybridized carbons (Fsp3) is 0.333. The summed E-state index contributed by atoms with van der Waals surface area (Å²) in [4.78, 5) is 18.5. The zero-order valence-electron chi connectivity index (χ0n) is 14.4. The van der Waals surface area contributed by atoms with Gasteiger partial charge >= 0.3 is 0 Å². The summed E-state index contributed by atoms with van der Waals surface area (Å²) in [7, 11) is 0. The summed E-state index contributed by atoms with van der Waals surface area (Å²) in [5, 5.41) is 8.09. The summed E-state index contributed by atoms with van der Waals surface area (Å²) in [5.41, 5.74) is 2.70. The fourth-order valence-corrected chi connectivity index (χ4v) is 3.90. The van der Waals surface area contributed by atoms with Crippen molar-refractivity contribution in [2.45, 2.75) is 43.7 Å². The lowest BCUT2D eigenvalue weighted by Gasteiger charge is -2.21. The van der Waals surface area contributed by atoms with E-state index in [2.05, 4.69) is 10.5 Å². The van der Waals surface area contributed by atoms with E-state index in [1.165, 1.54) is 12.8 Å². The first-order valence-electron chi connectivity index (χ1n) is 9.07. The first-order valence-corrected chi connectivity index (χ1v) is 9.45. The maximum Gasteiger partial charge on any atom is 0.265 e. The van der Waals surface area contributed by atoms with Crippen molar-refractivity contribution in [2.24, 2.45) is 5.16 Å². The van der Waals surface area contributed by atoms with Gasteiger partial charge in [0.15, 0.2) is 0 Å². The van der Waals surface area contributed by atoms with Gasteiger partial charge in [0.25, 0.3) is 5.91 Å². The molecule has 2 aliphatic rings. The lowest BCUT2D eigenvalue weighted by atomic mass is 9.85. The third-order valence-corrected chi connectivity index (χ3v) is 5.37. The van der Waals surface area contributed by atoms with Crippen molar-refractivity contribution in [1.29, 1.82) is 0 Å². The second-order valence-corrected chi connectivity index (χ2v) is 7.32. The van der Waals surface area contributed by atoms with Gasteiger partial charge in [0.1, 0.15) is 0 Å². The van der Waals surface area contributed by atoms with Gasteiger partial charge in [-0.25, -0.2) is 0 Å². The molecule has 1 aliphatic carbocycles. The summed E-state index contributed by atoms with van der Waals surface area (Å²) in [6.07, 6.45) is 3.78. The highest BCUT2D eigenvalue weighted by atomic mass is 35.5. The van der Waals surface area contributed by atoms with E-state index in [0.717, 1.165) is 29.7 Å². The lowest BCUT2D eigenvalue weighted by molar-refractivity contribution is -0.132. The Balaban J connectivity index is 1.62. The van der Waals surface area contributed by atoms with Crippen molar-refractivity contribution < 1.29 is 9.63 Å². The molecule has 0 spiro atoms. The lowest BCUT2D eigenvalue weighted by Crippen LogP contribution is -2.43. The molecule has 26 heavy (non-hydrogen) atoms. The number of rotatable bonds is 4. The molecule has 1 N–H and O–H groups in total. The summed E-state index contributed by atoms with van der Waals surface area (Å²) < 4.78 is 0. The Kier molecular flexibility index (Phi) is 4.93. The van der Waals surface area contributed by atoms with Crippen LogP contribution in [0.2, 0.25) is 5.02 Å². The van der Waals surface area contributed by atoms with E-state index in [1.807, 2.05) is 54.6 Å². The molecule has 0 saturated heterocycles. The van der Waals surface area contributed by atoms with Crippen LogP contribution in [0.5, 0.6) is 0 Å². The molecule has 2 aromatic carbocycles. The monoisotopic (exact) mass is 368 g/mol. The molecule has 1 aliphatic heterocycles. The highest BCUT2D eigenvalue weighted by Gasteiger charge is 2.41. The average molecular weight is 369 g/mol. The molecular weight excluding hydrogens is 348 g/mol. The Morgan fingerprint density at radius 1 is 1.04 bits per heavy atom. The van der Waals surface area contributed by atoms with Crippen LogP contribution in [-0.2, 0) is 9.63 Å². The maximum absolute atomic E-state index is 12.9. The summed E-state index contributed by atoms with van der Waals surface area (Å²) in [5.74, 6) is -0.322. The Morgan fingerprint density at radius 3 is 2.42 bits per heavy atom. The van der Waals surface area contributed by atoms with E-state index in [4.69, 9.17) is 16.4 Å². The molecule has 0 bridgehead atoms. The number of amides is 1. The topological polar surface area (TPSA) is 50.7 Å². The van der Waals surface area contributed by atoms with E-state index in [1.54, 1.807) is 0 Å². The zero-order valence-corrected chi connectivity index (χ0v) is 15.2. The Bertz CT molecular complexity index is 799. The minimum absolute atomic E-state index is 0.0848. The van der Waals surface area contributed by atoms with Crippen molar-refractivity contribution in [1.82, 2.24) is 5.32 Å². The van der Waals surface area contributed by atoms with Gasteiger partial charge < -0.3 is 10.2 Å². The van der Waals surface area contributed by atoms with E-state index >= 15 is 0 Å². The van der Waals surface area contributed by atoms with Gasteiger partial charge in [-0.05, 0) is 30.5 Å². The van der Waals surface area contributed by atoms with Gasteiger partial charge in [-0.2, -0.15) is 0 Å². The highest BCUT2D eigenvalue weighted by Crippen LogP contribution is 2.33. The van der Waals surface area contributed by atoms with Crippen molar-refractivity contribution in [3.8, 4) is 0 Å². The predicted octanol–water partition coefficient (Wildman–Crippen LogP) is 4.29. The first kappa shape index (κ1) is 17.1. The predicted molar refractivity (Wildman–Crippen MR) is 102 cm³/mol. The number of carbonyl (C=O) groups is 1. The Morgan fingerprint density at radius 2 is 1.73 bits per heavy atom. The van der Waals surface area contributed by atoms with E-state index in [-0.39, 0.29) is 17.9 Å². The molecule has 4 rings (SSSR count). The molecule has 4 nitrogen and oxygen atoms in total. The SMILES string of the molecule is O=C(NC1CCCC1)[C@H]1ON=C(c2ccc(Cl)cc2)[C@@H]1c1ccccc1. The van der Waals surface area contributed by atoms with Gasteiger partial charge in [0.05, 0.1) is 11.6 Å². The van der Waals surface area contributed by atoms with Crippen molar-refractivity contribution in [3.05, 3.63) is 70.7 Å². The van der Waals surface area contributed by atoms with E-state index in [9.17, 15) is 4.79 Å². The van der Waals surface area contributed by atoms with Gasteiger partial charge in [0, 0.05) is 16.6 Å². The molecule has 0 radical (unpaired) electrons. The van der Waals surface area contributed by atoms with Crippen LogP contribution in [0.3, 0.4) is 0 Å². The number of halogens is 1. The van der Waals surface area contributed by atoms with Crippen molar-refractivity contribution in [2.75, 3.05) is 0 Å². The molecule has 0 unspecified atom stereocenters. The maximum atomic E-state index is 12.9. The van der Waals surface area contributed by atoms with Gasteiger partial charge in [-0.1, -0.05) is 72.1 Å². The summed E-state index contributed by atoms with van der Waals surface area (Å²) in [6, 6.07) is 17.7. The standard InChI is InChI=1S/C21H21ClN2O2/c22-16-12-10-15(11-13-16)19-18(14-6-2-1-3-7-14)20(26-24-19)21(25)23-17-8-4-5-9-17/h1-3,6-7,10-13,17-18,20H,4-5,8-9H2,(H,23,25)/t18-,20-/m0/s1. The Labute approximate surface area is 158 Å². The molecule has 2 aromatic rings. The largest absolute Gasteiger partial charge is 0.381 e. The minimum Gasteiger partial charge on any atom is -0.381 e. The molecule has 1 saturated carbocycles. The summed E-state index contributed by atoms with van der Waals surface area (Å²) >= 11 is 6.01. The van der Waals surface area contributed by atoms with Crippen LogP contribution in [0.4, 0.5) is 0 Å². The second-order valence-electron chi connectivity index (χ2n) is 6.89. The number of nitrogens with zero attached hydrogens (tertiary/aromatic N) is 1. The van der Waals surface area contributed by atoms with Gasteiger partial charge in [0.2, 0.25) is 6.10 Å². The Hall–Kier alpha value is -2.33. The van der Waals surface area contributed by atoms with Crippen molar-refractivity contribution in [3.63, 3.8) is 0 Å². The molecule has 2 atom stereocenters. The number of hydrogen-bond acceptors (Lipinski definition) is 3. The number of nitrogens with one attached hydrogen (secondary N) is 1. The average Bonchev–Trinajstić information content (AvgIpc) is 3.32. The van der Waals surface area contributed by atoms with Gasteiger partial charge in [-0.3, -0.25) is 4.79 Å². The number of benzene rings is 2. The van der Waals surface area contributed by atoms with Crippen LogP contribution < -0.4 is 5.32 Å². The molecule has 1 amide bonds. The fourth-order valence-electron chi connectivity index (χ4n) is 3.77. The zero-order chi connectivity index (χ0) is 17.9. The van der Waals surface area contributed by atoms with Crippen LogP contribution >= 0.6 is 11.6 Å². The number of hydrogen-bond donors (Lipinski definition) is 1. The molecule has 0 aromatic heterocycles. The third-order valence-electron chi connectivity index (χ3n) is 5.12. The molecule has 5 heteroatoms. The van der Waals surface area contributed by atoms with E-state index < -0.39 is 6.10 Å². The van der Waals surface area contributed by atoms with E-state index in [0.29, 0.717) is 5.02 Å². The van der Waals surface area contributed by atoms with Crippen molar-refractivity contribution >= 4 is 23.2 Å². The van der Waals surface area contributed by atoms with Crippen LogP contribution in [0.25, 0.3) is 0 Å². The van der Waals surface area contributed by atoms with Gasteiger partial charge in [-0.15, -0.1) is 0 Å². The second kappa shape index (κ2) is 7.50. The number of oxime groups is 1. The quantitative estimate of drug-likeness (QED) is 0.875. The molecule has 1 heterocycles. The molecule has 1 fully saturated rings. The minimum atomic E-state index is -0.649. The van der Waals surface area contributed by atoms with Crippen LogP contribution in [0.1, 0.15) is 42.7 Å². The smallest absolute Gasteiger partial charge is 0.265 e. The number of carbonyl (C=O) groups excluding carboxylic acids is 1. The normalized spacial score (nSPS) is 22.7. The van der Waals surface area contributed by atoms with Crippen LogP contribution in [0.15, 0.2) is 59.8 Å². The first-order chi connectivity index (χ1) is 12.7. The molecule has 134 valence electrons. The van der Waals surface area contributed by atoms with Crippen LogP contribution in [-0.4, -0.2) is 23.8 Å². The van der Waals surface area contributed by atoms with Crippen LogP contribution in [0, 0.1) is 0 Å². The summed E-state index contributed by atoms with van der Waals surface area (Å²) in [6.45, 7) is 0.